The fourth-order valence-electron chi connectivity index (χ4n) is 3.34. The summed E-state index contributed by atoms with van der Waals surface area (Å²) in [4.78, 5) is 26.5. The van der Waals surface area contributed by atoms with E-state index in [0.29, 0.717) is 25.4 Å². The summed E-state index contributed by atoms with van der Waals surface area (Å²) in [6.07, 6.45) is 2.11. The fraction of sp³-hybridized carbons (Fsp3) is 0.550. The summed E-state index contributed by atoms with van der Waals surface area (Å²) in [6.45, 7) is 5.05. The number of benzene rings is 1. The predicted molar refractivity (Wildman–Crippen MR) is 100 cm³/mol. The van der Waals surface area contributed by atoms with Crippen LogP contribution in [0, 0.1) is 23.1 Å². The van der Waals surface area contributed by atoms with Crippen molar-refractivity contribution >= 4 is 11.9 Å². The highest BCUT2D eigenvalue weighted by molar-refractivity contribution is 5.87. The van der Waals surface area contributed by atoms with E-state index in [0.717, 1.165) is 18.4 Å². The van der Waals surface area contributed by atoms with Crippen LogP contribution in [0.4, 0.5) is 9.18 Å². The molecule has 1 fully saturated rings. The SMILES string of the molecule is CC(C)CC(NC(=O)N1CCC(c2ccc(F)cc2)CC1)C(=O)NCC#N. The zero-order valence-corrected chi connectivity index (χ0v) is 15.9. The number of nitrogens with zero attached hydrogens (tertiary/aromatic N) is 2. The Bertz CT molecular complexity index is 676. The Morgan fingerprint density at radius 2 is 1.89 bits per heavy atom. The number of piperidine rings is 1. The van der Waals surface area contributed by atoms with Gasteiger partial charge in [-0.2, -0.15) is 5.26 Å². The van der Waals surface area contributed by atoms with E-state index in [4.69, 9.17) is 5.26 Å². The first-order valence-corrected chi connectivity index (χ1v) is 9.36. The molecule has 2 rings (SSSR count). The van der Waals surface area contributed by atoms with Crippen LogP contribution in [0.15, 0.2) is 24.3 Å². The van der Waals surface area contributed by atoms with E-state index in [9.17, 15) is 14.0 Å². The molecule has 1 aromatic rings. The standard InChI is InChI=1S/C20H27FN4O2/c1-14(2)13-18(19(26)23-10-9-22)24-20(27)25-11-7-16(8-12-25)15-3-5-17(21)6-4-15/h3-6,14,16,18H,7-8,10-13H2,1-2H3,(H,23,26)(H,24,27). The maximum atomic E-state index is 13.1. The molecule has 7 heteroatoms. The van der Waals surface area contributed by atoms with E-state index in [1.165, 1.54) is 12.1 Å². The fourth-order valence-corrected chi connectivity index (χ4v) is 3.34. The lowest BCUT2D eigenvalue weighted by atomic mass is 9.89. The Morgan fingerprint density at radius 3 is 2.44 bits per heavy atom. The van der Waals surface area contributed by atoms with Gasteiger partial charge in [-0.25, -0.2) is 9.18 Å². The van der Waals surface area contributed by atoms with Gasteiger partial charge in [0.05, 0.1) is 6.07 Å². The second-order valence-electron chi connectivity index (χ2n) is 7.32. The summed E-state index contributed by atoms with van der Waals surface area (Å²) in [5.74, 6) is -0.0476. The minimum atomic E-state index is -0.652. The molecule has 1 atom stereocenters. The Labute approximate surface area is 159 Å². The third-order valence-electron chi connectivity index (χ3n) is 4.79. The van der Waals surface area contributed by atoms with Crippen molar-refractivity contribution in [1.82, 2.24) is 15.5 Å². The molecular weight excluding hydrogens is 347 g/mol. The number of urea groups is 1. The van der Waals surface area contributed by atoms with Gasteiger partial charge in [0, 0.05) is 13.1 Å². The van der Waals surface area contributed by atoms with Crippen molar-refractivity contribution in [2.24, 2.45) is 5.92 Å². The molecule has 1 heterocycles. The topological polar surface area (TPSA) is 85.2 Å². The number of nitriles is 1. The third kappa shape index (κ3) is 6.24. The smallest absolute Gasteiger partial charge is 0.318 e. The average Bonchev–Trinajstić information content (AvgIpc) is 2.66. The summed E-state index contributed by atoms with van der Waals surface area (Å²) in [5, 5.41) is 13.9. The summed E-state index contributed by atoms with van der Waals surface area (Å²) >= 11 is 0. The number of hydrogen-bond donors (Lipinski definition) is 2. The van der Waals surface area contributed by atoms with Crippen molar-refractivity contribution in [2.45, 2.75) is 45.1 Å². The molecule has 1 aromatic carbocycles. The Hall–Kier alpha value is -2.62. The Morgan fingerprint density at radius 1 is 1.26 bits per heavy atom. The number of hydrogen-bond acceptors (Lipinski definition) is 3. The molecule has 0 spiro atoms. The monoisotopic (exact) mass is 374 g/mol. The van der Waals surface area contributed by atoms with Gasteiger partial charge in [-0.3, -0.25) is 4.79 Å². The van der Waals surface area contributed by atoms with Gasteiger partial charge in [0.2, 0.25) is 5.91 Å². The lowest BCUT2D eigenvalue weighted by Crippen LogP contribution is -2.53. The second-order valence-corrected chi connectivity index (χ2v) is 7.32. The van der Waals surface area contributed by atoms with Gasteiger partial charge in [-0.1, -0.05) is 26.0 Å². The number of amides is 3. The number of rotatable bonds is 6. The van der Waals surface area contributed by atoms with Gasteiger partial charge in [0.15, 0.2) is 0 Å². The molecule has 1 unspecified atom stereocenters. The molecule has 0 radical (unpaired) electrons. The third-order valence-corrected chi connectivity index (χ3v) is 4.79. The normalized spacial score (nSPS) is 15.9. The van der Waals surface area contributed by atoms with Crippen LogP contribution in [0.5, 0.6) is 0 Å². The van der Waals surface area contributed by atoms with Crippen molar-refractivity contribution in [3.8, 4) is 6.07 Å². The highest BCUT2D eigenvalue weighted by atomic mass is 19.1. The van der Waals surface area contributed by atoms with Crippen LogP contribution >= 0.6 is 0 Å². The molecule has 27 heavy (non-hydrogen) atoms. The molecule has 1 aliphatic heterocycles. The van der Waals surface area contributed by atoms with Crippen LogP contribution in [0.2, 0.25) is 0 Å². The van der Waals surface area contributed by atoms with Gasteiger partial charge in [-0.05, 0) is 48.8 Å². The number of halogens is 1. The average molecular weight is 374 g/mol. The van der Waals surface area contributed by atoms with Crippen LogP contribution in [0.1, 0.15) is 44.6 Å². The number of likely N-dealkylation sites (tertiary alicyclic amines) is 1. The van der Waals surface area contributed by atoms with Crippen LogP contribution < -0.4 is 10.6 Å². The Balaban J connectivity index is 1.90. The zero-order valence-electron chi connectivity index (χ0n) is 15.9. The van der Waals surface area contributed by atoms with Gasteiger partial charge < -0.3 is 15.5 Å². The second kappa shape index (κ2) is 9.91. The lowest BCUT2D eigenvalue weighted by molar-refractivity contribution is -0.123. The molecular formula is C20H27FN4O2. The largest absolute Gasteiger partial charge is 0.341 e. The van der Waals surface area contributed by atoms with E-state index in [-0.39, 0.29) is 30.2 Å². The van der Waals surface area contributed by atoms with E-state index in [1.807, 2.05) is 19.9 Å². The zero-order chi connectivity index (χ0) is 19.8. The molecule has 0 aromatic heterocycles. The molecule has 0 aliphatic carbocycles. The van der Waals surface area contributed by atoms with Crippen LogP contribution in [-0.4, -0.2) is 42.5 Å². The molecule has 0 bridgehead atoms. The molecule has 1 aliphatic rings. The van der Waals surface area contributed by atoms with E-state index in [1.54, 1.807) is 17.0 Å². The van der Waals surface area contributed by atoms with Crippen LogP contribution in [0.3, 0.4) is 0 Å². The first-order valence-electron chi connectivity index (χ1n) is 9.36. The maximum Gasteiger partial charge on any atom is 0.318 e. The first kappa shape index (κ1) is 20.7. The quantitative estimate of drug-likeness (QED) is 0.751. The predicted octanol–water partition coefficient (Wildman–Crippen LogP) is 2.77. The van der Waals surface area contributed by atoms with Crippen molar-refractivity contribution < 1.29 is 14.0 Å². The van der Waals surface area contributed by atoms with Crippen molar-refractivity contribution in [3.05, 3.63) is 35.6 Å². The summed E-state index contributed by atoms with van der Waals surface area (Å²) in [5.41, 5.74) is 1.09. The summed E-state index contributed by atoms with van der Waals surface area (Å²) in [7, 11) is 0. The number of carbonyl (C=O) groups is 2. The summed E-state index contributed by atoms with van der Waals surface area (Å²) in [6, 6.07) is 7.48. The maximum absolute atomic E-state index is 13.1. The number of carbonyl (C=O) groups excluding carboxylic acids is 2. The van der Waals surface area contributed by atoms with Gasteiger partial charge >= 0.3 is 6.03 Å². The summed E-state index contributed by atoms with van der Waals surface area (Å²) < 4.78 is 13.1. The molecule has 146 valence electrons. The minimum absolute atomic E-state index is 0.0770. The highest BCUT2D eigenvalue weighted by Gasteiger charge is 2.27. The molecule has 3 amide bonds. The molecule has 0 saturated carbocycles. The lowest BCUT2D eigenvalue weighted by Gasteiger charge is -2.33. The van der Waals surface area contributed by atoms with Crippen molar-refractivity contribution in [3.63, 3.8) is 0 Å². The van der Waals surface area contributed by atoms with E-state index >= 15 is 0 Å². The highest BCUT2D eigenvalue weighted by Crippen LogP contribution is 2.28. The molecule has 1 saturated heterocycles. The van der Waals surface area contributed by atoms with Gasteiger partial charge in [-0.15, -0.1) is 0 Å². The number of nitrogens with one attached hydrogen (secondary N) is 2. The van der Waals surface area contributed by atoms with Crippen LogP contribution in [0.25, 0.3) is 0 Å². The first-order chi connectivity index (χ1) is 12.9. The molecule has 2 N–H and O–H groups in total. The minimum Gasteiger partial charge on any atom is -0.341 e. The van der Waals surface area contributed by atoms with Crippen LogP contribution in [-0.2, 0) is 4.79 Å². The van der Waals surface area contributed by atoms with Gasteiger partial charge in [0.25, 0.3) is 0 Å². The van der Waals surface area contributed by atoms with E-state index in [2.05, 4.69) is 10.6 Å². The van der Waals surface area contributed by atoms with E-state index < -0.39 is 6.04 Å². The van der Waals surface area contributed by atoms with Gasteiger partial charge in [0.1, 0.15) is 18.4 Å². The van der Waals surface area contributed by atoms with Crippen molar-refractivity contribution in [2.75, 3.05) is 19.6 Å². The molecule has 6 nitrogen and oxygen atoms in total. The van der Waals surface area contributed by atoms with Crippen molar-refractivity contribution in [1.29, 1.82) is 5.26 Å². The Kier molecular flexibility index (Phi) is 7.59.